The molecule has 3 aliphatic heterocycles. The van der Waals surface area contributed by atoms with E-state index in [9.17, 15) is 0 Å². The van der Waals surface area contributed by atoms with E-state index < -0.39 is 20.4 Å². The van der Waals surface area contributed by atoms with Crippen molar-refractivity contribution in [2.45, 2.75) is 83.1 Å². The number of hydrogen-bond donors (Lipinski definition) is 0. The minimum absolute atomic E-state index is 0.0274. The van der Waals surface area contributed by atoms with Crippen LogP contribution in [0, 0.1) is 5.92 Å². The highest BCUT2D eigenvalue weighted by atomic mass is 28.4. The van der Waals surface area contributed by atoms with Crippen LogP contribution in [0.2, 0.25) is 5.04 Å². The van der Waals surface area contributed by atoms with Crippen molar-refractivity contribution >= 4 is 18.7 Å². The number of rotatable bonds is 8. The van der Waals surface area contributed by atoms with E-state index in [0.29, 0.717) is 13.2 Å². The lowest BCUT2D eigenvalue weighted by molar-refractivity contribution is -0.262. The van der Waals surface area contributed by atoms with Crippen molar-refractivity contribution in [2.75, 3.05) is 19.8 Å². The van der Waals surface area contributed by atoms with Gasteiger partial charge in [-0.1, -0.05) is 88.4 Å². The maximum Gasteiger partial charge on any atom is 0.261 e. The molecular weight excluding hydrogens is 472 g/mol. The first-order valence-electron chi connectivity index (χ1n) is 13.1. The standard InChI is InChI=1S/C29H40O6Si/c1-20-25-26(35-29(5,6)34-25)24(33-27(20)31-18-21-17-30-21)19-32-36(28(2,3)4,22-13-9-7-10-14-22)23-15-11-8-12-16-23/h7-16,20-21,24-27H,17-19H2,1-6H3. The lowest BCUT2D eigenvalue weighted by atomic mass is 9.92. The molecule has 3 fully saturated rings. The van der Waals surface area contributed by atoms with E-state index >= 15 is 0 Å². The van der Waals surface area contributed by atoms with Crippen LogP contribution in [0.5, 0.6) is 0 Å². The van der Waals surface area contributed by atoms with Gasteiger partial charge in [-0.05, 0) is 29.3 Å². The smallest absolute Gasteiger partial charge is 0.261 e. The van der Waals surface area contributed by atoms with Crippen molar-refractivity contribution in [3.05, 3.63) is 60.7 Å². The Morgan fingerprint density at radius 1 is 0.889 bits per heavy atom. The van der Waals surface area contributed by atoms with Crippen molar-refractivity contribution in [3.63, 3.8) is 0 Å². The van der Waals surface area contributed by atoms with Gasteiger partial charge in [0, 0.05) is 5.92 Å². The number of hydrogen-bond acceptors (Lipinski definition) is 6. The average Bonchev–Trinajstić information content (AvgIpc) is 3.61. The van der Waals surface area contributed by atoms with Crippen molar-refractivity contribution in [2.24, 2.45) is 5.92 Å². The minimum atomic E-state index is -2.72. The molecule has 0 amide bonds. The summed E-state index contributed by atoms with van der Waals surface area (Å²) in [5, 5.41) is 2.36. The molecule has 36 heavy (non-hydrogen) atoms. The normalized spacial score (nSPS) is 31.7. The van der Waals surface area contributed by atoms with Gasteiger partial charge in [-0.2, -0.15) is 0 Å². The largest absolute Gasteiger partial charge is 0.405 e. The van der Waals surface area contributed by atoms with Gasteiger partial charge in [0.15, 0.2) is 12.1 Å². The van der Waals surface area contributed by atoms with Gasteiger partial charge < -0.3 is 28.1 Å². The Hall–Kier alpha value is -1.58. The third-order valence-corrected chi connectivity index (χ3v) is 12.5. The summed E-state index contributed by atoms with van der Waals surface area (Å²) < 4.78 is 38.1. The predicted molar refractivity (Wildman–Crippen MR) is 141 cm³/mol. The molecule has 0 bridgehead atoms. The molecule has 0 radical (unpaired) electrons. The molecule has 0 saturated carbocycles. The second-order valence-electron chi connectivity index (χ2n) is 11.7. The van der Waals surface area contributed by atoms with Crippen LogP contribution in [0.3, 0.4) is 0 Å². The van der Waals surface area contributed by atoms with Gasteiger partial charge in [-0.15, -0.1) is 0 Å². The summed E-state index contributed by atoms with van der Waals surface area (Å²) in [4.78, 5) is 0. The first kappa shape index (κ1) is 26.0. The van der Waals surface area contributed by atoms with Crippen LogP contribution >= 0.6 is 0 Å². The predicted octanol–water partition coefficient (Wildman–Crippen LogP) is 3.86. The molecule has 7 heteroatoms. The van der Waals surface area contributed by atoms with Gasteiger partial charge in [0.05, 0.1) is 25.9 Å². The molecule has 3 saturated heterocycles. The van der Waals surface area contributed by atoms with Crippen LogP contribution in [0.1, 0.15) is 41.5 Å². The lowest BCUT2D eigenvalue weighted by Crippen LogP contribution is -2.68. The molecule has 2 aromatic carbocycles. The molecule has 3 heterocycles. The summed E-state index contributed by atoms with van der Waals surface area (Å²) >= 11 is 0. The summed E-state index contributed by atoms with van der Waals surface area (Å²) in [6.07, 6.45) is -0.917. The molecule has 6 atom stereocenters. The average molecular weight is 513 g/mol. The van der Waals surface area contributed by atoms with Crippen LogP contribution in [-0.2, 0) is 28.1 Å². The van der Waals surface area contributed by atoms with E-state index in [1.807, 2.05) is 13.8 Å². The van der Waals surface area contributed by atoms with E-state index in [0.717, 1.165) is 6.61 Å². The summed E-state index contributed by atoms with van der Waals surface area (Å²) in [7, 11) is -2.72. The van der Waals surface area contributed by atoms with E-state index in [1.165, 1.54) is 10.4 Å². The van der Waals surface area contributed by atoms with Gasteiger partial charge in [-0.25, -0.2) is 0 Å². The third kappa shape index (κ3) is 5.07. The van der Waals surface area contributed by atoms with Gasteiger partial charge in [-0.3, -0.25) is 0 Å². The Balaban J connectivity index is 1.47. The Morgan fingerprint density at radius 3 is 1.97 bits per heavy atom. The second-order valence-corrected chi connectivity index (χ2v) is 16.0. The molecule has 2 aromatic rings. The Morgan fingerprint density at radius 2 is 1.44 bits per heavy atom. The van der Waals surface area contributed by atoms with E-state index in [1.54, 1.807) is 0 Å². The fraction of sp³-hybridized carbons (Fsp3) is 0.586. The van der Waals surface area contributed by atoms with E-state index in [4.69, 9.17) is 28.1 Å². The zero-order valence-electron chi connectivity index (χ0n) is 22.3. The third-order valence-electron chi connectivity index (χ3n) is 7.52. The van der Waals surface area contributed by atoms with Gasteiger partial charge in [0.2, 0.25) is 0 Å². The van der Waals surface area contributed by atoms with Crippen LogP contribution in [0.4, 0.5) is 0 Å². The summed E-state index contributed by atoms with van der Waals surface area (Å²) in [6.45, 7) is 14.6. The van der Waals surface area contributed by atoms with E-state index in [-0.39, 0.29) is 35.4 Å². The highest BCUT2D eigenvalue weighted by Gasteiger charge is 2.56. The molecule has 0 aliphatic carbocycles. The fourth-order valence-electron chi connectivity index (χ4n) is 5.70. The first-order chi connectivity index (χ1) is 17.1. The van der Waals surface area contributed by atoms with Crippen molar-refractivity contribution < 1.29 is 28.1 Å². The van der Waals surface area contributed by atoms with Crippen molar-refractivity contribution in [1.29, 1.82) is 0 Å². The quantitative estimate of drug-likeness (QED) is 0.396. The lowest BCUT2D eigenvalue weighted by Gasteiger charge is -2.46. The molecule has 0 spiro atoms. The van der Waals surface area contributed by atoms with Crippen LogP contribution in [0.15, 0.2) is 60.7 Å². The minimum Gasteiger partial charge on any atom is -0.405 e. The topological polar surface area (TPSA) is 58.7 Å². The summed E-state index contributed by atoms with van der Waals surface area (Å²) in [5.41, 5.74) is 0. The van der Waals surface area contributed by atoms with Gasteiger partial charge >= 0.3 is 0 Å². The van der Waals surface area contributed by atoms with Crippen molar-refractivity contribution in [3.8, 4) is 0 Å². The Labute approximate surface area is 216 Å². The maximum atomic E-state index is 7.20. The molecule has 3 aliphatic rings. The number of ether oxygens (including phenoxy) is 5. The highest BCUT2D eigenvalue weighted by Crippen LogP contribution is 2.42. The molecule has 0 N–H and O–H groups in total. The molecule has 6 unspecified atom stereocenters. The zero-order valence-corrected chi connectivity index (χ0v) is 23.3. The molecule has 6 nitrogen and oxygen atoms in total. The second kappa shape index (κ2) is 9.95. The molecule has 196 valence electrons. The SMILES string of the molecule is CC1C(OCC2CO2)OC(CO[Si](c2ccccc2)(c2ccccc2)C(C)(C)C)C2OC(C)(C)OC12. The number of fused-ring (bicyclic) bond motifs is 1. The van der Waals surface area contributed by atoms with Crippen molar-refractivity contribution in [1.82, 2.24) is 0 Å². The Kier molecular flexibility index (Phi) is 7.20. The summed E-state index contributed by atoms with van der Waals surface area (Å²) in [5.74, 6) is -0.656. The van der Waals surface area contributed by atoms with Crippen LogP contribution < -0.4 is 10.4 Å². The summed E-state index contributed by atoms with van der Waals surface area (Å²) in [6, 6.07) is 21.3. The van der Waals surface area contributed by atoms with Gasteiger partial charge in [0.25, 0.3) is 8.32 Å². The maximum absolute atomic E-state index is 7.20. The fourth-order valence-corrected chi connectivity index (χ4v) is 10.3. The van der Waals surface area contributed by atoms with E-state index in [2.05, 4.69) is 88.4 Å². The van der Waals surface area contributed by atoms with Crippen LogP contribution in [0.25, 0.3) is 0 Å². The number of benzene rings is 2. The van der Waals surface area contributed by atoms with Gasteiger partial charge in [0.1, 0.15) is 18.3 Å². The monoisotopic (exact) mass is 512 g/mol. The zero-order chi connectivity index (χ0) is 25.6. The van der Waals surface area contributed by atoms with Crippen LogP contribution in [-0.4, -0.2) is 64.6 Å². The molecule has 5 rings (SSSR count). The first-order valence-corrected chi connectivity index (χ1v) is 15.0. The molecular formula is C29H40O6Si. The number of epoxide rings is 1. The highest BCUT2D eigenvalue weighted by molar-refractivity contribution is 6.99. The Bertz CT molecular complexity index is 964. The molecule has 0 aromatic heterocycles.